The smallest absolute Gasteiger partial charge is 0.208 e. The zero-order chi connectivity index (χ0) is 36.7. The molecule has 0 saturated carbocycles. The van der Waals surface area contributed by atoms with E-state index in [1.165, 1.54) is 0 Å². The van der Waals surface area contributed by atoms with E-state index < -0.39 is 11.2 Å². The van der Waals surface area contributed by atoms with Gasteiger partial charge in [0.1, 0.15) is 11.5 Å². The summed E-state index contributed by atoms with van der Waals surface area (Å²) < 4.78 is 14.2. The van der Waals surface area contributed by atoms with Crippen molar-refractivity contribution in [2.75, 3.05) is 0 Å². The number of halogens is 2. The highest BCUT2D eigenvalue weighted by molar-refractivity contribution is 9.10. The quantitative estimate of drug-likeness (QED) is 0.249. The Bertz CT molecular complexity index is 1870. The molecule has 0 fully saturated rings. The molecule has 6 bridgehead atoms. The lowest BCUT2D eigenvalue weighted by atomic mass is 9.70. The Labute approximate surface area is 315 Å². The number of fused-ring (bicyclic) bond motifs is 2. The predicted molar refractivity (Wildman–Crippen MR) is 211 cm³/mol. The average Bonchev–Trinajstić information content (AvgIpc) is 3.56. The van der Waals surface area contributed by atoms with E-state index in [4.69, 9.17) is 9.47 Å². The Balaban J connectivity index is 1.62. The summed E-state index contributed by atoms with van der Waals surface area (Å²) in [7, 11) is 0. The normalized spacial score (nSPS) is 29.6. The first-order valence-corrected chi connectivity index (χ1v) is 19.7. The second-order valence-electron chi connectivity index (χ2n) is 19.2. The number of carbonyl (C=O) groups excluding carboxylic acids is 2. The lowest BCUT2D eigenvalue weighted by Crippen LogP contribution is -2.56. The van der Waals surface area contributed by atoms with Crippen molar-refractivity contribution >= 4 is 55.6 Å². The minimum atomic E-state index is -1.20. The van der Waals surface area contributed by atoms with Gasteiger partial charge in [0, 0.05) is 35.1 Å². The predicted octanol–water partition coefficient (Wildman–Crippen LogP) is 10.7. The lowest BCUT2D eigenvalue weighted by molar-refractivity contribution is -0.129. The van der Waals surface area contributed by atoms with E-state index >= 15 is 9.59 Å². The molecule has 2 aliphatic carbocycles. The molecule has 264 valence electrons. The summed E-state index contributed by atoms with van der Waals surface area (Å²) in [5, 5.41) is 0. The van der Waals surface area contributed by atoms with Crippen LogP contribution in [0.4, 0.5) is 0 Å². The number of rotatable bonds is 0. The number of carbonyl (C=O) groups is 2. The average molecular weight is 803 g/mol. The molecule has 2 aromatic carbocycles. The van der Waals surface area contributed by atoms with Crippen LogP contribution < -0.4 is 9.47 Å². The summed E-state index contributed by atoms with van der Waals surface area (Å²) in [5.74, 6) is 1.24. The van der Waals surface area contributed by atoms with Gasteiger partial charge in [-0.15, -0.1) is 0 Å². The highest BCUT2D eigenvalue weighted by Gasteiger charge is 2.59. The molecule has 2 aromatic rings. The molecule has 0 amide bonds. The van der Waals surface area contributed by atoms with Crippen molar-refractivity contribution in [2.45, 2.75) is 128 Å². The van der Waals surface area contributed by atoms with E-state index in [-0.39, 0.29) is 42.9 Å². The maximum absolute atomic E-state index is 15.1. The van der Waals surface area contributed by atoms with E-state index in [1.807, 2.05) is 12.2 Å². The van der Waals surface area contributed by atoms with Gasteiger partial charge in [0.2, 0.25) is 11.6 Å². The van der Waals surface area contributed by atoms with Gasteiger partial charge in [-0.05, 0) is 79.3 Å². The van der Waals surface area contributed by atoms with Crippen LogP contribution in [0.1, 0.15) is 116 Å². The molecule has 4 atom stereocenters. The molecule has 0 aromatic heterocycles. The summed E-state index contributed by atoms with van der Waals surface area (Å²) in [4.78, 5) is 29.5. The van der Waals surface area contributed by atoms with Gasteiger partial charge in [0.15, 0.2) is 11.2 Å². The van der Waals surface area contributed by atoms with Crippen LogP contribution in [0.25, 0.3) is 12.2 Å². The topological polar surface area (TPSA) is 52.6 Å². The van der Waals surface area contributed by atoms with Crippen LogP contribution in [0.5, 0.6) is 11.5 Å². The summed E-state index contributed by atoms with van der Waals surface area (Å²) in [6, 6.07) is 8.70. The van der Waals surface area contributed by atoms with Crippen molar-refractivity contribution < 1.29 is 19.1 Å². The summed E-state index contributed by atoms with van der Waals surface area (Å²) >= 11 is 8.08. The molecule has 0 unspecified atom stereocenters. The van der Waals surface area contributed by atoms with Crippen LogP contribution in [0.15, 0.2) is 58.7 Å². The third kappa shape index (κ3) is 5.32. The second-order valence-corrected chi connectivity index (χ2v) is 21.1. The van der Waals surface area contributed by atoms with Crippen LogP contribution in [-0.2, 0) is 33.3 Å². The molecule has 2 spiro atoms. The fraction of sp³-hybridized carbons (Fsp3) is 0.500. The standard InChI is InChI=1S/C44H50Br2O4/c1-39(2,3)29-15-23-13-25-19-31(41(7,8)9)36(46)44(37(25)47)22-28-18-30(40(4,5)6)16-24(34(28)50-44)14-26-20-32(42(10,11)12)35(45)43(38(26)48)21-27(17-29)33(23)49-43/h13-20,35-36H,21-22H2,1-12H3/b25-13+,26-14+/t35-,36+,43+,44-. The third-order valence-corrected chi connectivity index (χ3v) is 13.7. The van der Waals surface area contributed by atoms with Gasteiger partial charge in [-0.1, -0.05) is 139 Å². The van der Waals surface area contributed by atoms with Crippen LogP contribution in [-0.4, -0.2) is 32.4 Å². The number of hydrogen-bond acceptors (Lipinski definition) is 4. The number of ketones is 2. The Morgan fingerprint density at radius 3 is 1.18 bits per heavy atom. The number of benzene rings is 2. The number of Topliss-reactive ketones (excluding diaryl/α,β-unsaturated/α-hetero) is 2. The van der Waals surface area contributed by atoms with E-state index in [2.05, 4.69) is 151 Å². The molecule has 4 nitrogen and oxygen atoms in total. The number of ether oxygens (including phenoxy) is 2. The van der Waals surface area contributed by atoms with Crippen LogP contribution in [0, 0.1) is 10.8 Å². The molecule has 50 heavy (non-hydrogen) atoms. The van der Waals surface area contributed by atoms with Crippen molar-refractivity contribution in [1.29, 1.82) is 0 Å². The van der Waals surface area contributed by atoms with Crippen molar-refractivity contribution in [1.82, 2.24) is 0 Å². The highest BCUT2D eigenvalue weighted by atomic mass is 79.9. The van der Waals surface area contributed by atoms with Gasteiger partial charge in [-0.2, -0.15) is 0 Å². The Morgan fingerprint density at radius 1 is 0.540 bits per heavy atom. The summed E-state index contributed by atoms with van der Waals surface area (Å²) in [6.45, 7) is 26.3. The van der Waals surface area contributed by atoms with Crippen LogP contribution in [0.3, 0.4) is 0 Å². The van der Waals surface area contributed by atoms with E-state index in [9.17, 15) is 0 Å². The molecular formula is C44H50Br2O4. The molecule has 0 saturated heterocycles. The van der Waals surface area contributed by atoms with Crippen molar-refractivity contribution in [2.24, 2.45) is 10.8 Å². The first-order valence-electron chi connectivity index (χ1n) is 17.8. The lowest BCUT2D eigenvalue weighted by Gasteiger charge is -2.42. The summed E-state index contributed by atoms with van der Waals surface area (Å²) in [6.07, 6.45) is 8.95. The number of hydrogen-bond donors (Lipinski definition) is 0. The van der Waals surface area contributed by atoms with Gasteiger partial charge < -0.3 is 9.47 Å². The van der Waals surface area contributed by atoms with Crippen molar-refractivity contribution in [3.63, 3.8) is 0 Å². The monoisotopic (exact) mass is 800 g/mol. The molecule has 0 N–H and O–H groups in total. The zero-order valence-corrected chi connectivity index (χ0v) is 34.7. The van der Waals surface area contributed by atoms with Gasteiger partial charge >= 0.3 is 0 Å². The first kappa shape index (κ1) is 35.7. The zero-order valence-electron chi connectivity index (χ0n) is 31.6. The molecular weight excluding hydrogens is 752 g/mol. The minimum absolute atomic E-state index is 0.0521. The van der Waals surface area contributed by atoms with Gasteiger partial charge in [0.05, 0.1) is 9.65 Å². The van der Waals surface area contributed by atoms with E-state index in [0.717, 1.165) is 44.5 Å². The molecule has 5 aliphatic rings. The molecule has 7 rings (SSSR count). The Kier molecular flexibility index (Phi) is 7.79. The number of allylic oxidation sites excluding steroid dienone is 2. The van der Waals surface area contributed by atoms with Gasteiger partial charge in [0.25, 0.3) is 0 Å². The Morgan fingerprint density at radius 2 is 0.880 bits per heavy atom. The maximum Gasteiger partial charge on any atom is 0.208 e. The maximum atomic E-state index is 15.1. The molecule has 0 radical (unpaired) electrons. The van der Waals surface area contributed by atoms with Gasteiger partial charge in [-0.25, -0.2) is 0 Å². The number of alkyl halides is 2. The van der Waals surface area contributed by atoms with Crippen molar-refractivity contribution in [3.8, 4) is 11.5 Å². The van der Waals surface area contributed by atoms with Crippen LogP contribution in [0.2, 0.25) is 0 Å². The fourth-order valence-electron chi connectivity index (χ4n) is 8.13. The van der Waals surface area contributed by atoms with Crippen LogP contribution >= 0.6 is 31.9 Å². The SMILES string of the molecule is CC(C)(C)C1=C/C2=C\c3cc(C(C)(C)C)cc4c3O[C@@]3(C4)C(=O)/C(=C/c4cc(C(C)(C)C)cc5c4O[C@](C5)(C2=O)[C@@H]1Br)C=C(C(C)(C)C)[C@@H]3Br. The van der Waals surface area contributed by atoms with E-state index in [0.29, 0.717) is 35.5 Å². The molecule has 6 heteroatoms. The fourth-order valence-corrected chi connectivity index (χ4v) is 10.7. The first-order chi connectivity index (χ1) is 22.9. The van der Waals surface area contributed by atoms with E-state index in [1.54, 1.807) is 0 Å². The largest absolute Gasteiger partial charge is 0.476 e. The Hall–Kier alpha value is -2.70. The highest BCUT2D eigenvalue weighted by Crippen LogP contribution is 2.55. The van der Waals surface area contributed by atoms with Crippen molar-refractivity contribution in [3.05, 3.63) is 92.1 Å². The second kappa shape index (κ2) is 10.9. The third-order valence-electron chi connectivity index (χ3n) is 11.2. The minimum Gasteiger partial charge on any atom is -0.476 e. The summed E-state index contributed by atoms with van der Waals surface area (Å²) in [5.41, 5.74) is 6.00. The molecule has 3 aliphatic heterocycles. The van der Waals surface area contributed by atoms with Gasteiger partial charge in [-0.3, -0.25) is 9.59 Å². The molecule has 3 heterocycles.